The predicted molar refractivity (Wildman–Crippen MR) is 130 cm³/mol. The van der Waals surface area contributed by atoms with E-state index in [4.69, 9.17) is 14.9 Å². The number of amides is 1. The Kier molecular flexibility index (Phi) is 6.25. The van der Waals surface area contributed by atoms with Crippen molar-refractivity contribution in [3.8, 4) is 17.2 Å². The van der Waals surface area contributed by atoms with Crippen LogP contribution >= 0.6 is 11.3 Å². The summed E-state index contributed by atoms with van der Waals surface area (Å²) in [4.78, 5) is 29.5. The first kappa shape index (κ1) is 24.6. The molecule has 0 aliphatic carbocycles. The number of ether oxygens (including phenoxy) is 1. The number of hydrogen-bond donors (Lipinski definition) is 2. The first-order chi connectivity index (χ1) is 17.7. The molecule has 13 heteroatoms. The highest BCUT2D eigenvalue weighted by molar-refractivity contribution is 7.17. The van der Waals surface area contributed by atoms with Crippen LogP contribution in [0.25, 0.3) is 32.6 Å². The van der Waals surface area contributed by atoms with Crippen LogP contribution in [0.3, 0.4) is 0 Å². The molecule has 190 valence electrons. The molecule has 4 heterocycles. The quantitative estimate of drug-likeness (QED) is 0.319. The Balaban J connectivity index is 1.52. The summed E-state index contributed by atoms with van der Waals surface area (Å²) in [6.07, 6.45) is -1.50. The second-order valence-electron chi connectivity index (χ2n) is 8.11. The third kappa shape index (κ3) is 4.58. The number of halogens is 3. The number of carbonyl (C=O) groups is 1. The van der Waals surface area contributed by atoms with Crippen molar-refractivity contribution < 1.29 is 27.1 Å². The van der Waals surface area contributed by atoms with E-state index in [1.807, 2.05) is 5.38 Å². The molecule has 1 amide bonds. The summed E-state index contributed by atoms with van der Waals surface area (Å²) < 4.78 is 51.8. The number of oxazole rings is 1. The lowest BCUT2D eigenvalue weighted by atomic mass is 10.1. The van der Waals surface area contributed by atoms with Gasteiger partial charge in [0.25, 0.3) is 5.91 Å². The van der Waals surface area contributed by atoms with Gasteiger partial charge in [-0.25, -0.2) is 19.9 Å². The molecular formula is C24H19F3N6O3S. The maximum atomic E-state index is 13.3. The summed E-state index contributed by atoms with van der Waals surface area (Å²) in [6, 6.07) is 4.48. The minimum atomic E-state index is -4.63. The number of nitrogens with zero attached hydrogens (tertiary/aromatic N) is 4. The van der Waals surface area contributed by atoms with Crippen LogP contribution in [-0.4, -0.2) is 33.0 Å². The molecule has 0 saturated heterocycles. The molecule has 0 radical (unpaired) electrons. The number of alkyl halides is 3. The lowest BCUT2D eigenvalue weighted by Gasteiger charge is -2.11. The molecule has 9 nitrogen and oxygen atoms in total. The van der Waals surface area contributed by atoms with Gasteiger partial charge in [0.1, 0.15) is 23.3 Å². The smallest absolute Gasteiger partial charge is 0.433 e. The van der Waals surface area contributed by atoms with Gasteiger partial charge in [0.05, 0.1) is 23.4 Å². The lowest BCUT2D eigenvalue weighted by molar-refractivity contribution is -0.140. The highest BCUT2D eigenvalue weighted by atomic mass is 32.1. The van der Waals surface area contributed by atoms with E-state index in [1.54, 1.807) is 19.2 Å². The van der Waals surface area contributed by atoms with Crippen LogP contribution < -0.4 is 15.8 Å². The fraction of sp³-hybridized carbons (Fsp3) is 0.208. The van der Waals surface area contributed by atoms with Crippen LogP contribution in [0.1, 0.15) is 40.5 Å². The molecule has 0 aliphatic heterocycles. The number of thiophene rings is 1. The van der Waals surface area contributed by atoms with Gasteiger partial charge in [-0.2, -0.15) is 13.2 Å². The van der Waals surface area contributed by atoms with Gasteiger partial charge in [0, 0.05) is 29.3 Å². The van der Waals surface area contributed by atoms with Gasteiger partial charge in [0.15, 0.2) is 11.5 Å². The molecule has 1 atom stereocenters. The standard InChI is InChI=1S/C24H19F3N6O3S/c1-11(28)21-20(22(34)30-7-12-9-37-16-8-29-10-31-18(12)16)33-23(36-21)14-3-5-15(35-2)19-13(14)4-6-17(32-19)24(25,26)27/h3-6,8-11H,7,28H2,1-2H3,(H,30,34)/t11-/m0/s1. The Labute approximate surface area is 211 Å². The third-order valence-corrected chi connectivity index (χ3v) is 6.55. The Morgan fingerprint density at radius 2 is 2.03 bits per heavy atom. The number of benzene rings is 1. The van der Waals surface area contributed by atoms with Gasteiger partial charge >= 0.3 is 6.18 Å². The normalized spacial score (nSPS) is 12.7. The zero-order valence-corrected chi connectivity index (χ0v) is 20.3. The number of pyridine rings is 1. The fourth-order valence-electron chi connectivity index (χ4n) is 3.84. The first-order valence-electron chi connectivity index (χ1n) is 10.9. The fourth-order valence-corrected chi connectivity index (χ4v) is 4.72. The Morgan fingerprint density at radius 3 is 2.76 bits per heavy atom. The average molecular weight is 529 g/mol. The van der Waals surface area contributed by atoms with Crippen molar-refractivity contribution in [2.24, 2.45) is 5.73 Å². The maximum Gasteiger partial charge on any atom is 0.433 e. The lowest BCUT2D eigenvalue weighted by Crippen LogP contribution is -2.25. The Morgan fingerprint density at radius 1 is 1.22 bits per heavy atom. The molecule has 3 N–H and O–H groups in total. The molecule has 0 aliphatic rings. The van der Waals surface area contributed by atoms with E-state index in [-0.39, 0.29) is 35.2 Å². The Hall–Kier alpha value is -4.10. The number of aromatic nitrogens is 4. The number of nitrogens with one attached hydrogen (secondary N) is 1. The van der Waals surface area contributed by atoms with Gasteiger partial charge in [0.2, 0.25) is 5.89 Å². The minimum absolute atomic E-state index is 0.0142. The van der Waals surface area contributed by atoms with E-state index in [1.165, 1.54) is 36.9 Å². The first-order valence-corrected chi connectivity index (χ1v) is 11.8. The summed E-state index contributed by atoms with van der Waals surface area (Å²) in [7, 11) is 1.33. The van der Waals surface area contributed by atoms with E-state index in [9.17, 15) is 18.0 Å². The highest BCUT2D eigenvalue weighted by Gasteiger charge is 2.33. The number of hydrogen-bond acceptors (Lipinski definition) is 9. The van der Waals surface area contributed by atoms with Gasteiger partial charge < -0.3 is 20.2 Å². The van der Waals surface area contributed by atoms with Gasteiger partial charge in [-0.3, -0.25) is 4.79 Å². The molecule has 0 spiro atoms. The van der Waals surface area contributed by atoms with Gasteiger partial charge in [-0.1, -0.05) is 0 Å². The minimum Gasteiger partial charge on any atom is -0.494 e. The van der Waals surface area contributed by atoms with Crippen LogP contribution in [0.4, 0.5) is 13.2 Å². The van der Waals surface area contributed by atoms with Gasteiger partial charge in [-0.15, -0.1) is 11.3 Å². The van der Waals surface area contributed by atoms with Crippen LogP contribution in [0.15, 0.2) is 46.6 Å². The molecule has 37 heavy (non-hydrogen) atoms. The molecule has 5 rings (SSSR count). The predicted octanol–water partition coefficient (Wildman–Crippen LogP) is 4.87. The molecular weight excluding hydrogens is 509 g/mol. The SMILES string of the molecule is COc1ccc(-c2nc(C(=O)NCc3csc4cncnc34)c([C@H](C)N)o2)c2ccc(C(F)(F)F)nc12. The summed E-state index contributed by atoms with van der Waals surface area (Å²) >= 11 is 1.46. The second kappa shape index (κ2) is 9.41. The average Bonchev–Trinajstić information content (AvgIpc) is 3.51. The van der Waals surface area contributed by atoms with Crippen molar-refractivity contribution >= 4 is 38.4 Å². The number of methoxy groups -OCH3 is 1. The van der Waals surface area contributed by atoms with Crippen LogP contribution in [-0.2, 0) is 12.7 Å². The summed E-state index contributed by atoms with van der Waals surface area (Å²) in [6.45, 7) is 1.82. The monoisotopic (exact) mass is 528 g/mol. The molecule has 5 aromatic rings. The largest absolute Gasteiger partial charge is 0.494 e. The number of nitrogens with two attached hydrogens (primary N) is 1. The summed E-state index contributed by atoms with van der Waals surface area (Å²) in [5.41, 5.74) is 6.82. The Bertz CT molecular complexity index is 1630. The van der Waals surface area contributed by atoms with E-state index in [2.05, 4.69) is 25.3 Å². The molecule has 4 aromatic heterocycles. The molecule has 0 saturated carbocycles. The van der Waals surface area contributed by atoms with E-state index < -0.39 is 23.8 Å². The number of rotatable bonds is 6. The van der Waals surface area contributed by atoms with E-state index in [0.717, 1.165) is 21.8 Å². The zero-order chi connectivity index (χ0) is 26.3. The van der Waals surface area contributed by atoms with Crippen LogP contribution in [0, 0.1) is 0 Å². The van der Waals surface area contributed by atoms with Crippen molar-refractivity contribution in [2.75, 3.05) is 7.11 Å². The third-order valence-electron chi connectivity index (χ3n) is 5.59. The van der Waals surface area contributed by atoms with E-state index in [0.29, 0.717) is 10.9 Å². The van der Waals surface area contributed by atoms with Crippen molar-refractivity contribution in [2.45, 2.75) is 25.7 Å². The summed E-state index contributed by atoms with van der Waals surface area (Å²) in [5.74, 6) is -0.228. The second-order valence-corrected chi connectivity index (χ2v) is 9.02. The van der Waals surface area contributed by atoms with Crippen molar-refractivity contribution in [3.63, 3.8) is 0 Å². The molecule has 0 fully saturated rings. The highest BCUT2D eigenvalue weighted by Crippen LogP contribution is 2.37. The molecule has 1 aromatic carbocycles. The van der Waals surface area contributed by atoms with Gasteiger partial charge in [-0.05, 0) is 36.6 Å². The summed E-state index contributed by atoms with van der Waals surface area (Å²) in [5, 5.41) is 4.99. The zero-order valence-electron chi connectivity index (χ0n) is 19.5. The van der Waals surface area contributed by atoms with Crippen LogP contribution in [0.2, 0.25) is 0 Å². The van der Waals surface area contributed by atoms with Crippen molar-refractivity contribution in [1.29, 1.82) is 0 Å². The molecule has 0 bridgehead atoms. The van der Waals surface area contributed by atoms with E-state index >= 15 is 0 Å². The van der Waals surface area contributed by atoms with Crippen molar-refractivity contribution in [3.05, 3.63) is 64.9 Å². The number of carbonyl (C=O) groups excluding carboxylic acids is 1. The number of fused-ring (bicyclic) bond motifs is 2. The molecule has 0 unspecified atom stereocenters. The topological polar surface area (TPSA) is 129 Å². The van der Waals surface area contributed by atoms with Crippen molar-refractivity contribution in [1.82, 2.24) is 25.3 Å². The van der Waals surface area contributed by atoms with Crippen LogP contribution in [0.5, 0.6) is 5.75 Å². The maximum absolute atomic E-state index is 13.3.